The third-order valence-electron chi connectivity index (χ3n) is 8.92. The van der Waals surface area contributed by atoms with Crippen LogP contribution in [0.4, 0.5) is 0 Å². The average Bonchev–Trinajstić information content (AvgIpc) is 3.41. The molecule has 1 heterocycles. The Kier molecular flexibility index (Phi) is 7.75. The summed E-state index contributed by atoms with van der Waals surface area (Å²) in [5, 5.41) is 11.8. The Morgan fingerprint density at radius 2 is 0.975 bits per heavy atom. The molecule has 3 nitrogen and oxygen atoms in total. The van der Waals surface area contributed by atoms with Crippen molar-refractivity contribution in [3.63, 3.8) is 0 Å². The number of aliphatic hydroxyl groups excluding tert-OH is 1. The summed E-state index contributed by atoms with van der Waals surface area (Å²) in [5.74, 6) is -0.195. The Labute approximate surface area is 238 Å². The SMILES string of the molecule is C=C[C@H](B1OC(c2ccccc2)(c2ccccc2)C(c2ccccc2)(c2ccccc2)O1)[C@@H](O)C1CCCCC1. The van der Waals surface area contributed by atoms with Crippen molar-refractivity contribution in [3.8, 4) is 0 Å². The van der Waals surface area contributed by atoms with Gasteiger partial charge in [0, 0.05) is 5.82 Å². The zero-order valence-electron chi connectivity index (χ0n) is 22.9. The molecule has 1 saturated heterocycles. The lowest BCUT2D eigenvalue weighted by Gasteiger charge is -2.46. The first-order valence-electron chi connectivity index (χ1n) is 14.6. The van der Waals surface area contributed by atoms with Gasteiger partial charge in [0.05, 0.1) is 6.10 Å². The maximum atomic E-state index is 11.8. The van der Waals surface area contributed by atoms with Crippen LogP contribution in [-0.2, 0) is 20.5 Å². The number of rotatable bonds is 8. The predicted octanol–water partition coefficient (Wildman–Crippen LogP) is 7.91. The summed E-state index contributed by atoms with van der Waals surface area (Å²) < 4.78 is 14.7. The molecule has 1 N–H and O–H groups in total. The Bertz CT molecular complexity index is 1200. The number of aliphatic hydroxyl groups is 1. The van der Waals surface area contributed by atoms with Crippen LogP contribution in [-0.4, -0.2) is 18.3 Å². The Hall–Kier alpha value is -3.44. The van der Waals surface area contributed by atoms with Crippen molar-refractivity contribution in [3.05, 3.63) is 156 Å². The van der Waals surface area contributed by atoms with Crippen molar-refractivity contribution in [2.24, 2.45) is 5.92 Å². The van der Waals surface area contributed by atoms with E-state index < -0.39 is 30.2 Å². The Morgan fingerprint density at radius 1 is 0.625 bits per heavy atom. The fraction of sp³-hybridized carbons (Fsp3) is 0.278. The lowest BCUT2D eigenvalue weighted by molar-refractivity contribution is 0.00370. The van der Waals surface area contributed by atoms with Crippen LogP contribution in [0.3, 0.4) is 0 Å². The van der Waals surface area contributed by atoms with Crippen molar-refractivity contribution in [2.75, 3.05) is 0 Å². The predicted molar refractivity (Wildman–Crippen MR) is 162 cm³/mol. The van der Waals surface area contributed by atoms with Crippen LogP contribution >= 0.6 is 0 Å². The second kappa shape index (κ2) is 11.6. The normalized spacial score (nSPS) is 20.1. The Balaban J connectivity index is 1.62. The van der Waals surface area contributed by atoms with Crippen LogP contribution in [0.2, 0.25) is 5.82 Å². The van der Waals surface area contributed by atoms with Gasteiger partial charge in [0.2, 0.25) is 0 Å². The highest BCUT2D eigenvalue weighted by Gasteiger charge is 2.67. The standard InChI is InChI=1S/C36H37BO3/c1-2-33(34(38)28-18-8-3-9-19-28)37-39-35(29-20-10-4-11-21-29,30-22-12-5-13-23-30)36(40-37,31-24-14-6-15-25-31)32-26-16-7-17-27-32/h2,4-7,10-17,20-28,33-34,38H,1,3,8-9,18-19H2/t33-,34-/m0/s1. The van der Waals surface area contributed by atoms with Crippen LogP contribution in [0, 0.1) is 5.92 Å². The molecule has 0 unspecified atom stereocenters. The molecule has 0 radical (unpaired) electrons. The van der Waals surface area contributed by atoms with Crippen molar-refractivity contribution in [1.82, 2.24) is 0 Å². The Morgan fingerprint density at radius 3 is 1.30 bits per heavy atom. The van der Waals surface area contributed by atoms with Gasteiger partial charge in [-0.25, -0.2) is 0 Å². The van der Waals surface area contributed by atoms with Gasteiger partial charge in [-0.05, 0) is 41.0 Å². The van der Waals surface area contributed by atoms with E-state index in [-0.39, 0.29) is 5.92 Å². The molecule has 0 bridgehead atoms. The largest absolute Gasteiger partial charge is 0.468 e. The van der Waals surface area contributed by atoms with Crippen LogP contribution in [0.5, 0.6) is 0 Å². The van der Waals surface area contributed by atoms with Crippen molar-refractivity contribution in [1.29, 1.82) is 0 Å². The monoisotopic (exact) mass is 528 g/mol. The van der Waals surface area contributed by atoms with E-state index in [1.165, 1.54) is 6.42 Å². The molecule has 0 amide bonds. The van der Waals surface area contributed by atoms with Gasteiger partial charge in [0.1, 0.15) is 11.2 Å². The molecule has 4 aromatic carbocycles. The smallest absolute Gasteiger partial charge is 0.394 e. The van der Waals surface area contributed by atoms with Gasteiger partial charge in [-0.3, -0.25) is 0 Å². The molecule has 2 atom stereocenters. The van der Waals surface area contributed by atoms with E-state index in [9.17, 15) is 5.11 Å². The summed E-state index contributed by atoms with van der Waals surface area (Å²) in [4.78, 5) is 0. The molecule has 4 aromatic rings. The zero-order valence-corrected chi connectivity index (χ0v) is 22.9. The molecule has 4 heteroatoms. The summed E-state index contributed by atoms with van der Waals surface area (Å²) in [6.45, 7) is 4.19. The van der Waals surface area contributed by atoms with E-state index in [4.69, 9.17) is 9.31 Å². The highest BCUT2D eigenvalue weighted by atomic mass is 16.7. The number of hydrogen-bond donors (Lipinski definition) is 1. The lowest BCUT2D eigenvalue weighted by Crippen LogP contribution is -2.48. The minimum atomic E-state index is -1.05. The van der Waals surface area contributed by atoms with Crippen molar-refractivity contribution < 1.29 is 14.4 Å². The van der Waals surface area contributed by atoms with Gasteiger partial charge in [0.25, 0.3) is 0 Å². The molecule has 1 aliphatic carbocycles. The first-order valence-corrected chi connectivity index (χ1v) is 14.6. The summed E-state index contributed by atoms with van der Waals surface area (Å²) >= 11 is 0. The lowest BCUT2D eigenvalue weighted by atomic mass is 9.64. The zero-order chi connectivity index (χ0) is 27.4. The highest BCUT2D eigenvalue weighted by molar-refractivity contribution is 6.48. The van der Waals surface area contributed by atoms with Gasteiger partial charge in [-0.2, -0.15) is 0 Å². The van der Waals surface area contributed by atoms with Gasteiger partial charge in [-0.15, -0.1) is 6.58 Å². The second-order valence-corrected chi connectivity index (χ2v) is 11.1. The number of benzene rings is 4. The second-order valence-electron chi connectivity index (χ2n) is 11.1. The van der Waals surface area contributed by atoms with Gasteiger partial charge >= 0.3 is 7.12 Å². The molecule has 202 valence electrons. The first kappa shape index (κ1) is 26.8. The molecule has 1 aliphatic heterocycles. The molecular formula is C36H37BO3. The van der Waals surface area contributed by atoms with E-state index in [0.29, 0.717) is 0 Å². The molecule has 1 saturated carbocycles. The maximum absolute atomic E-state index is 11.8. The molecule has 2 fully saturated rings. The van der Waals surface area contributed by atoms with E-state index in [1.54, 1.807) is 0 Å². The molecule has 6 rings (SSSR count). The summed E-state index contributed by atoms with van der Waals surface area (Å²) in [7, 11) is -0.727. The third kappa shape index (κ3) is 4.45. The van der Waals surface area contributed by atoms with E-state index in [2.05, 4.69) is 104 Å². The quantitative estimate of drug-likeness (QED) is 0.187. The minimum Gasteiger partial charge on any atom is -0.394 e. The van der Waals surface area contributed by atoms with E-state index in [0.717, 1.165) is 47.9 Å². The maximum Gasteiger partial charge on any atom is 0.468 e. The number of hydrogen-bond acceptors (Lipinski definition) is 3. The third-order valence-corrected chi connectivity index (χ3v) is 8.92. The summed E-state index contributed by atoms with van der Waals surface area (Å²) in [6.07, 6.45) is 6.80. The molecule has 0 spiro atoms. The molecule has 2 aliphatic rings. The van der Waals surface area contributed by atoms with Crippen LogP contribution in [0.15, 0.2) is 134 Å². The van der Waals surface area contributed by atoms with Crippen LogP contribution in [0.25, 0.3) is 0 Å². The molecular weight excluding hydrogens is 491 g/mol. The summed E-state index contributed by atoms with van der Waals surface area (Å²) in [6, 6.07) is 41.6. The van der Waals surface area contributed by atoms with Crippen LogP contribution < -0.4 is 0 Å². The topological polar surface area (TPSA) is 38.7 Å². The average molecular weight is 529 g/mol. The summed E-state index contributed by atoms with van der Waals surface area (Å²) in [5.41, 5.74) is 1.88. The fourth-order valence-electron chi connectivity index (χ4n) is 7.01. The minimum absolute atomic E-state index is 0.204. The van der Waals surface area contributed by atoms with Crippen molar-refractivity contribution in [2.45, 2.75) is 55.2 Å². The molecule has 40 heavy (non-hydrogen) atoms. The highest BCUT2D eigenvalue weighted by Crippen LogP contribution is 2.60. The van der Waals surface area contributed by atoms with Crippen molar-refractivity contribution >= 4 is 7.12 Å². The van der Waals surface area contributed by atoms with Crippen LogP contribution in [0.1, 0.15) is 54.4 Å². The van der Waals surface area contributed by atoms with Gasteiger partial charge < -0.3 is 14.4 Å². The van der Waals surface area contributed by atoms with Gasteiger partial charge in [0.15, 0.2) is 0 Å². The molecule has 0 aromatic heterocycles. The van der Waals surface area contributed by atoms with Gasteiger partial charge in [-0.1, -0.05) is 147 Å². The van der Waals surface area contributed by atoms with E-state index >= 15 is 0 Å². The first-order chi connectivity index (χ1) is 19.7. The van der Waals surface area contributed by atoms with E-state index in [1.807, 2.05) is 30.3 Å². The fourth-order valence-corrected chi connectivity index (χ4v) is 7.01.